The van der Waals surface area contributed by atoms with Crippen LogP contribution in [0.25, 0.3) is 10.9 Å². The number of furan rings is 1. The molecule has 0 amide bonds. The molecule has 3 rings (SSSR count). The van der Waals surface area contributed by atoms with Crippen molar-refractivity contribution < 1.29 is 18.3 Å². The number of nitrogens with one attached hydrogen (secondary N) is 2. The summed E-state index contributed by atoms with van der Waals surface area (Å²) in [5, 5.41) is 3.53. The minimum absolute atomic E-state index is 0.136. The van der Waals surface area contributed by atoms with Gasteiger partial charge in [0.1, 0.15) is 17.1 Å². The summed E-state index contributed by atoms with van der Waals surface area (Å²) in [4.78, 5) is 27.0. The van der Waals surface area contributed by atoms with Crippen molar-refractivity contribution in [2.45, 2.75) is 13.5 Å². The van der Waals surface area contributed by atoms with Crippen LogP contribution >= 0.6 is 0 Å². The molecule has 6 nitrogen and oxygen atoms in total. The van der Waals surface area contributed by atoms with Gasteiger partial charge in [-0.05, 0) is 37.3 Å². The van der Waals surface area contributed by atoms with Crippen LogP contribution in [-0.2, 0) is 11.3 Å². The third-order valence-electron chi connectivity index (χ3n) is 3.48. The van der Waals surface area contributed by atoms with E-state index in [1.54, 1.807) is 19.1 Å². The summed E-state index contributed by atoms with van der Waals surface area (Å²) in [5.41, 5.74) is -0.227. The molecule has 2 N–H and O–H groups in total. The van der Waals surface area contributed by atoms with E-state index in [2.05, 4.69) is 10.3 Å². The van der Waals surface area contributed by atoms with Gasteiger partial charge in [-0.3, -0.25) is 4.79 Å². The summed E-state index contributed by atoms with van der Waals surface area (Å²) >= 11 is 0. The Morgan fingerprint density at radius 2 is 2.21 bits per heavy atom. The molecule has 0 radical (unpaired) electrons. The molecule has 2 aromatic heterocycles. The number of aromatic nitrogens is 1. The number of esters is 1. The van der Waals surface area contributed by atoms with E-state index in [0.29, 0.717) is 11.1 Å². The molecule has 0 fully saturated rings. The average Bonchev–Trinajstić information content (AvgIpc) is 3.05. The Bertz CT molecular complexity index is 932. The van der Waals surface area contributed by atoms with Crippen molar-refractivity contribution in [3.8, 4) is 0 Å². The first-order valence-electron chi connectivity index (χ1n) is 7.39. The summed E-state index contributed by atoms with van der Waals surface area (Å²) in [6, 6.07) is 7.44. The van der Waals surface area contributed by atoms with Crippen LogP contribution in [0.1, 0.15) is 23.0 Å². The molecule has 2 heterocycles. The Morgan fingerprint density at radius 1 is 1.38 bits per heavy atom. The molecule has 0 saturated heterocycles. The third-order valence-corrected chi connectivity index (χ3v) is 3.48. The number of carbonyl (C=O) groups is 1. The first-order valence-corrected chi connectivity index (χ1v) is 7.39. The Morgan fingerprint density at radius 3 is 2.92 bits per heavy atom. The first kappa shape index (κ1) is 15.8. The summed E-state index contributed by atoms with van der Waals surface area (Å²) < 4.78 is 23.6. The van der Waals surface area contributed by atoms with E-state index in [1.165, 1.54) is 24.5 Å². The topological polar surface area (TPSA) is 84.3 Å². The maximum absolute atomic E-state index is 13.4. The zero-order valence-corrected chi connectivity index (χ0v) is 12.9. The Hall–Kier alpha value is -3.09. The normalized spacial score (nSPS) is 10.8. The van der Waals surface area contributed by atoms with Crippen molar-refractivity contribution in [2.24, 2.45) is 0 Å². The van der Waals surface area contributed by atoms with Crippen molar-refractivity contribution in [2.75, 3.05) is 11.9 Å². The van der Waals surface area contributed by atoms with Gasteiger partial charge in [0, 0.05) is 5.39 Å². The second kappa shape index (κ2) is 6.57. The van der Waals surface area contributed by atoms with E-state index in [4.69, 9.17) is 9.15 Å². The van der Waals surface area contributed by atoms with Crippen molar-refractivity contribution in [3.63, 3.8) is 0 Å². The van der Waals surface area contributed by atoms with E-state index in [0.717, 1.165) is 0 Å². The molecule has 0 aliphatic carbocycles. The minimum Gasteiger partial charge on any atom is -0.467 e. The summed E-state index contributed by atoms with van der Waals surface area (Å²) in [6.45, 7) is 2.05. The number of halogens is 1. The van der Waals surface area contributed by atoms with Crippen LogP contribution in [0.5, 0.6) is 0 Å². The predicted molar refractivity (Wildman–Crippen MR) is 86.5 cm³/mol. The van der Waals surface area contributed by atoms with Gasteiger partial charge in [-0.25, -0.2) is 9.18 Å². The van der Waals surface area contributed by atoms with Crippen molar-refractivity contribution in [3.05, 3.63) is 64.1 Å². The lowest BCUT2D eigenvalue weighted by Crippen LogP contribution is -2.23. The smallest absolute Gasteiger partial charge is 0.345 e. The Labute approximate surface area is 136 Å². The molecule has 0 unspecified atom stereocenters. The quantitative estimate of drug-likeness (QED) is 0.703. The van der Waals surface area contributed by atoms with Gasteiger partial charge in [0.15, 0.2) is 0 Å². The Balaban J connectivity index is 2.14. The van der Waals surface area contributed by atoms with Crippen LogP contribution in [0.15, 0.2) is 45.8 Å². The molecule has 24 heavy (non-hydrogen) atoms. The fourth-order valence-electron chi connectivity index (χ4n) is 2.44. The molecule has 0 atom stereocenters. The summed E-state index contributed by atoms with van der Waals surface area (Å²) in [7, 11) is 0. The van der Waals surface area contributed by atoms with Crippen LogP contribution in [0.2, 0.25) is 0 Å². The highest BCUT2D eigenvalue weighted by atomic mass is 19.1. The van der Waals surface area contributed by atoms with Crippen molar-refractivity contribution in [1.82, 2.24) is 4.98 Å². The van der Waals surface area contributed by atoms with E-state index in [-0.39, 0.29) is 29.9 Å². The van der Waals surface area contributed by atoms with Gasteiger partial charge < -0.3 is 19.5 Å². The van der Waals surface area contributed by atoms with E-state index in [9.17, 15) is 14.0 Å². The monoisotopic (exact) mass is 330 g/mol. The number of hydrogen-bond donors (Lipinski definition) is 2. The summed E-state index contributed by atoms with van der Waals surface area (Å²) in [5.74, 6) is -0.605. The number of H-pyrrole nitrogens is 1. The molecule has 1 aromatic carbocycles. The van der Waals surface area contributed by atoms with Crippen LogP contribution in [0.3, 0.4) is 0 Å². The number of ether oxygens (including phenoxy) is 1. The average molecular weight is 330 g/mol. The number of hydrogen-bond acceptors (Lipinski definition) is 5. The van der Waals surface area contributed by atoms with Gasteiger partial charge in [0.2, 0.25) is 0 Å². The molecule has 0 bridgehead atoms. The summed E-state index contributed by atoms with van der Waals surface area (Å²) in [6.07, 6.45) is 1.52. The number of pyridine rings is 1. The van der Waals surface area contributed by atoms with Crippen LogP contribution in [0.4, 0.5) is 10.1 Å². The van der Waals surface area contributed by atoms with Crippen molar-refractivity contribution >= 4 is 22.6 Å². The van der Waals surface area contributed by atoms with Gasteiger partial charge in [-0.1, -0.05) is 0 Å². The van der Waals surface area contributed by atoms with Crippen molar-refractivity contribution in [1.29, 1.82) is 0 Å². The van der Waals surface area contributed by atoms with Crippen LogP contribution in [0, 0.1) is 5.82 Å². The van der Waals surface area contributed by atoms with E-state index >= 15 is 0 Å². The van der Waals surface area contributed by atoms with Gasteiger partial charge in [0.05, 0.1) is 30.6 Å². The number of carbonyl (C=O) groups excluding carboxylic acids is 1. The van der Waals surface area contributed by atoms with Gasteiger partial charge in [-0.15, -0.1) is 0 Å². The largest absolute Gasteiger partial charge is 0.467 e. The highest BCUT2D eigenvalue weighted by Gasteiger charge is 2.21. The second-order valence-electron chi connectivity index (χ2n) is 5.05. The lowest BCUT2D eigenvalue weighted by Gasteiger charge is -2.13. The van der Waals surface area contributed by atoms with Gasteiger partial charge in [-0.2, -0.15) is 0 Å². The highest BCUT2D eigenvalue weighted by molar-refractivity contribution is 6.04. The molecular weight excluding hydrogens is 315 g/mol. The molecule has 124 valence electrons. The number of fused-ring (bicyclic) bond motifs is 1. The zero-order chi connectivity index (χ0) is 17.1. The lowest BCUT2D eigenvalue weighted by molar-refractivity contribution is 0.0525. The van der Waals surface area contributed by atoms with Gasteiger partial charge in [0.25, 0.3) is 5.56 Å². The molecule has 3 aromatic rings. The fourth-order valence-corrected chi connectivity index (χ4v) is 2.44. The molecule has 0 saturated carbocycles. The van der Waals surface area contributed by atoms with E-state index in [1.807, 2.05) is 0 Å². The Kier molecular flexibility index (Phi) is 4.33. The third kappa shape index (κ3) is 3.01. The van der Waals surface area contributed by atoms with Crippen LogP contribution < -0.4 is 10.9 Å². The number of benzene rings is 1. The SMILES string of the molecule is CCOC(=O)c1c(NCc2ccco2)c2ccc(F)cc2[nH]c1=O. The maximum atomic E-state index is 13.4. The minimum atomic E-state index is -0.744. The fraction of sp³-hybridized carbons (Fsp3) is 0.176. The lowest BCUT2D eigenvalue weighted by atomic mass is 10.1. The maximum Gasteiger partial charge on any atom is 0.345 e. The second-order valence-corrected chi connectivity index (χ2v) is 5.05. The molecule has 0 aliphatic rings. The number of aromatic amines is 1. The molecule has 0 spiro atoms. The molecular formula is C17H15FN2O4. The highest BCUT2D eigenvalue weighted by Crippen LogP contribution is 2.25. The zero-order valence-electron chi connectivity index (χ0n) is 12.9. The van der Waals surface area contributed by atoms with Gasteiger partial charge >= 0.3 is 5.97 Å². The number of anilines is 1. The molecule has 7 heteroatoms. The number of rotatable bonds is 5. The molecule has 0 aliphatic heterocycles. The standard InChI is InChI=1S/C17H15FN2O4/c1-2-23-17(22)14-15(19-9-11-4-3-7-24-11)12-6-5-10(18)8-13(12)20-16(14)21/h3-8H,2,9H2,1H3,(H2,19,20,21). The van der Waals surface area contributed by atoms with Crippen LogP contribution in [-0.4, -0.2) is 17.6 Å². The first-order chi connectivity index (χ1) is 11.6. The predicted octanol–water partition coefficient (Wildman–Crippen LogP) is 3.05. The van der Waals surface area contributed by atoms with E-state index < -0.39 is 17.3 Å².